The van der Waals surface area contributed by atoms with Crippen molar-refractivity contribution in [2.45, 2.75) is 18.6 Å². The molecule has 5 heteroatoms. The van der Waals surface area contributed by atoms with Crippen molar-refractivity contribution in [3.05, 3.63) is 99.0 Å². The van der Waals surface area contributed by atoms with E-state index in [2.05, 4.69) is 74.8 Å². The predicted octanol–water partition coefficient (Wildman–Crippen LogP) is 6.38. The molecule has 2 aliphatic heterocycles. The third kappa shape index (κ3) is 3.03. The molecule has 3 nitrogen and oxygen atoms in total. The Morgan fingerprint density at radius 2 is 1.70 bits per heavy atom. The number of hydrazone groups is 1. The largest absolute Gasteiger partial charge is 0.360 e. The van der Waals surface area contributed by atoms with Crippen molar-refractivity contribution >= 4 is 38.9 Å². The zero-order valence-electron chi connectivity index (χ0n) is 14.4. The lowest BCUT2D eigenvalue weighted by Crippen LogP contribution is -2.35. The molecule has 1 N–H and O–H groups in total. The Morgan fingerprint density at radius 3 is 2.48 bits per heavy atom. The molecule has 0 aliphatic carbocycles. The van der Waals surface area contributed by atoms with Gasteiger partial charge in [0.25, 0.3) is 0 Å². The first-order valence-electron chi connectivity index (χ1n) is 8.92. The monoisotopic (exact) mass is 437 g/mol. The second-order valence-corrected chi connectivity index (χ2v) is 8.19. The Morgan fingerprint density at radius 1 is 0.963 bits per heavy atom. The van der Waals surface area contributed by atoms with Gasteiger partial charge in [-0.2, -0.15) is 5.10 Å². The van der Waals surface area contributed by atoms with Gasteiger partial charge in [-0.05, 0) is 47.0 Å². The van der Waals surface area contributed by atoms with Gasteiger partial charge in [-0.15, -0.1) is 0 Å². The third-order valence-corrected chi connectivity index (χ3v) is 5.96. The van der Waals surface area contributed by atoms with Crippen LogP contribution >= 0.6 is 27.5 Å². The highest BCUT2D eigenvalue weighted by molar-refractivity contribution is 9.10. The normalized spacial score (nSPS) is 20.5. The number of hydrogen-bond donors (Lipinski definition) is 1. The fourth-order valence-corrected chi connectivity index (χ4v) is 4.24. The van der Waals surface area contributed by atoms with Crippen LogP contribution in [0.15, 0.2) is 82.4 Å². The molecular weight excluding hydrogens is 422 g/mol. The van der Waals surface area contributed by atoms with Gasteiger partial charge in [-0.3, -0.25) is 5.01 Å². The molecule has 2 heterocycles. The Kier molecular flexibility index (Phi) is 4.18. The number of anilines is 1. The van der Waals surface area contributed by atoms with Gasteiger partial charge >= 0.3 is 0 Å². The van der Waals surface area contributed by atoms with Gasteiger partial charge in [-0.25, -0.2) is 0 Å². The number of nitrogens with one attached hydrogen (secondary N) is 1. The van der Waals surface area contributed by atoms with E-state index in [4.69, 9.17) is 16.7 Å². The van der Waals surface area contributed by atoms with E-state index in [0.717, 1.165) is 27.2 Å². The highest BCUT2D eigenvalue weighted by Crippen LogP contribution is 2.46. The summed E-state index contributed by atoms with van der Waals surface area (Å²) in [4.78, 5) is 0. The molecule has 27 heavy (non-hydrogen) atoms. The molecule has 0 radical (unpaired) electrons. The van der Waals surface area contributed by atoms with Crippen LogP contribution in [0.2, 0.25) is 5.02 Å². The lowest BCUT2D eigenvalue weighted by atomic mass is 9.94. The number of rotatable bonds is 2. The van der Waals surface area contributed by atoms with Gasteiger partial charge in [0.2, 0.25) is 0 Å². The average Bonchev–Trinajstić information content (AvgIpc) is 3.14. The number of hydrogen-bond acceptors (Lipinski definition) is 3. The first-order valence-corrected chi connectivity index (χ1v) is 10.1. The van der Waals surface area contributed by atoms with E-state index in [1.807, 2.05) is 24.3 Å². The molecule has 2 unspecified atom stereocenters. The van der Waals surface area contributed by atoms with E-state index in [0.29, 0.717) is 0 Å². The van der Waals surface area contributed by atoms with Gasteiger partial charge < -0.3 is 5.32 Å². The maximum absolute atomic E-state index is 6.06. The molecule has 5 rings (SSSR count). The summed E-state index contributed by atoms with van der Waals surface area (Å²) in [6.45, 7) is 0. The first kappa shape index (κ1) is 16.8. The van der Waals surface area contributed by atoms with Crippen LogP contribution < -0.4 is 5.32 Å². The van der Waals surface area contributed by atoms with Gasteiger partial charge in [0.1, 0.15) is 6.17 Å². The molecule has 0 bridgehead atoms. The second kappa shape index (κ2) is 6.70. The number of halogens is 2. The summed E-state index contributed by atoms with van der Waals surface area (Å²) in [5, 5.41) is 11.6. The Bertz CT molecular complexity index is 1010. The Labute approximate surface area is 171 Å². The second-order valence-electron chi connectivity index (χ2n) is 6.84. The molecule has 0 saturated carbocycles. The molecule has 3 aromatic rings. The topological polar surface area (TPSA) is 27.6 Å². The van der Waals surface area contributed by atoms with Crippen molar-refractivity contribution in [2.75, 3.05) is 5.32 Å². The van der Waals surface area contributed by atoms with Crippen molar-refractivity contribution < 1.29 is 0 Å². The Hall–Kier alpha value is -2.30. The van der Waals surface area contributed by atoms with Gasteiger partial charge in [0.15, 0.2) is 0 Å². The summed E-state index contributed by atoms with van der Waals surface area (Å²) < 4.78 is 1.07. The van der Waals surface area contributed by atoms with Crippen molar-refractivity contribution in [3.8, 4) is 0 Å². The minimum absolute atomic E-state index is 0.00259. The lowest BCUT2D eigenvalue weighted by molar-refractivity contribution is 0.169. The highest BCUT2D eigenvalue weighted by Gasteiger charge is 2.39. The standard InChI is InChI=1S/C22H17BrClN3/c23-16-9-5-15(6-10-16)22-25-19-4-2-1-3-18(19)21-13-20(26-27(21)22)14-7-11-17(24)12-8-14/h1-12,21-22,25H,13H2. The van der Waals surface area contributed by atoms with Crippen LogP contribution in [0.1, 0.15) is 35.3 Å². The van der Waals surface area contributed by atoms with Gasteiger partial charge in [-0.1, -0.05) is 70.0 Å². The van der Waals surface area contributed by atoms with Crippen molar-refractivity contribution in [1.82, 2.24) is 5.01 Å². The molecule has 2 atom stereocenters. The number of para-hydroxylation sites is 1. The maximum Gasteiger partial charge on any atom is 0.142 e. The minimum Gasteiger partial charge on any atom is -0.360 e. The molecule has 2 aliphatic rings. The molecule has 134 valence electrons. The molecule has 0 saturated heterocycles. The summed E-state index contributed by atoms with van der Waals surface area (Å²) in [7, 11) is 0. The van der Waals surface area contributed by atoms with E-state index in [-0.39, 0.29) is 12.2 Å². The maximum atomic E-state index is 6.06. The lowest BCUT2D eigenvalue weighted by Gasteiger charge is -2.39. The Balaban J connectivity index is 1.58. The summed E-state index contributed by atoms with van der Waals surface area (Å²) in [6, 6.07) is 25.1. The fraction of sp³-hybridized carbons (Fsp3) is 0.136. The summed E-state index contributed by atoms with van der Waals surface area (Å²) in [5.74, 6) is 0. The quantitative estimate of drug-likeness (QED) is 0.503. The third-order valence-electron chi connectivity index (χ3n) is 5.18. The van der Waals surface area contributed by atoms with Crippen LogP contribution in [0.25, 0.3) is 0 Å². The number of benzene rings is 3. The van der Waals surface area contributed by atoms with Gasteiger partial charge in [0, 0.05) is 21.6 Å². The summed E-state index contributed by atoms with van der Waals surface area (Å²) >= 11 is 9.58. The van der Waals surface area contributed by atoms with Crippen LogP contribution in [0.5, 0.6) is 0 Å². The van der Waals surface area contributed by atoms with Crippen LogP contribution in [-0.4, -0.2) is 10.7 Å². The van der Waals surface area contributed by atoms with E-state index in [1.54, 1.807) is 0 Å². The van der Waals surface area contributed by atoms with Crippen molar-refractivity contribution in [2.24, 2.45) is 5.10 Å². The molecule has 0 spiro atoms. The zero-order chi connectivity index (χ0) is 18.4. The zero-order valence-corrected chi connectivity index (χ0v) is 16.8. The van der Waals surface area contributed by atoms with E-state index in [9.17, 15) is 0 Å². The fourth-order valence-electron chi connectivity index (χ4n) is 3.85. The summed E-state index contributed by atoms with van der Waals surface area (Å²) in [6.07, 6.45) is 0.885. The summed E-state index contributed by atoms with van der Waals surface area (Å²) in [5.41, 5.74) is 5.88. The molecule has 3 aromatic carbocycles. The van der Waals surface area contributed by atoms with Crippen LogP contribution in [0.4, 0.5) is 5.69 Å². The molecular formula is C22H17BrClN3. The number of fused-ring (bicyclic) bond motifs is 3. The molecule has 0 aromatic heterocycles. The van der Waals surface area contributed by atoms with Crippen LogP contribution in [-0.2, 0) is 0 Å². The minimum atomic E-state index is 0.00259. The van der Waals surface area contributed by atoms with E-state index >= 15 is 0 Å². The van der Waals surface area contributed by atoms with Gasteiger partial charge in [0.05, 0.1) is 11.8 Å². The predicted molar refractivity (Wildman–Crippen MR) is 114 cm³/mol. The van der Waals surface area contributed by atoms with Crippen LogP contribution in [0.3, 0.4) is 0 Å². The average molecular weight is 439 g/mol. The van der Waals surface area contributed by atoms with E-state index in [1.165, 1.54) is 16.8 Å². The molecule has 0 amide bonds. The smallest absolute Gasteiger partial charge is 0.142 e. The highest BCUT2D eigenvalue weighted by atomic mass is 79.9. The first-order chi connectivity index (χ1) is 13.2. The van der Waals surface area contributed by atoms with Crippen molar-refractivity contribution in [3.63, 3.8) is 0 Å². The van der Waals surface area contributed by atoms with Crippen LogP contribution in [0, 0.1) is 0 Å². The SMILES string of the molecule is Clc1ccc(C2=NN3C(C2)c2ccccc2NC3c2ccc(Br)cc2)cc1. The van der Waals surface area contributed by atoms with E-state index < -0.39 is 0 Å². The number of nitrogens with zero attached hydrogens (tertiary/aromatic N) is 2. The van der Waals surface area contributed by atoms with Crippen molar-refractivity contribution in [1.29, 1.82) is 0 Å². The molecule has 0 fully saturated rings.